The van der Waals surface area contributed by atoms with E-state index in [9.17, 15) is 4.79 Å². The smallest absolute Gasteiger partial charge is 0.246 e. The Labute approximate surface area is 198 Å². The molecule has 3 N–H and O–H groups in total. The lowest BCUT2D eigenvalue weighted by molar-refractivity contribution is -0.116. The molecule has 0 radical (unpaired) electrons. The zero-order valence-electron chi connectivity index (χ0n) is 17.7. The average molecular weight is 537 g/mol. The largest absolute Gasteiger partial charge is 0.355 e. The number of rotatable bonds is 9. The summed E-state index contributed by atoms with van der Waals surface area (Å²) in [6, 6.07) is 9.49. The topological polar surface area (TPSA) is 114 Å². The van der Waals surface area contributed by atoms with Gasteiger partial charge in [0.25, 0.3) is 0 Å². The quantitative estimate of drug-likeness (QED) is 0.218. The van der Waals surface area contributed by atoms with E-state index in [1.807, 2.05) is 28.8 Å². The third kappa shape index (κ3) is 7.66. The van der Waals surface area contributed by atoms with Crippen molar-refractivity contribution in [3.05, 3.63) is 60.4 Å². The third-order valence-electron chi connectivity index (χ3n) is 4.42. The summed E-state index contributed by atoms with van der Waals surface area (Å²) in [5, 5.41) is 21.5. The normalized spacial score (nSPS) is 11.0. The van der Waals surface area contributed by atoms with Crippen LogP contribution in [0.2, 0.25) is 0 Å². The third-order valence-corrected chi connectivity index (χ3v) is 4.42. The van der Waals surface area contributed by atoms with Gasteiger partial charge in [0.1, 0.15) is 18.7 Å². The van der Waals surface area contributed by atoms with Gasteiger partial charge >= 0.3 is 0 Å². The first-order valence-corrected chi connectivity index (χ1v) is 9.85. The van der Waals surface area contributed by atoms with Gasteiger partial charge in [0.05, 0.1) is 0 Å². The van der Waals surface area contributed by atoms with Crippen molar-refractivity contribution in [2.75, 3.05) is 18.9 Å². The summed E-state index contributed by atoms with van der Waals surface area (Å²) in [7, 11) is 1.73. The first-order chi connectivity index (χ1) is 14.7. The number of halogens is 1. The minimum absolute atomic E-state index is 0. The van der Waals surface area contributed by atoms with E-state index in [0.717, 1.165) is 30.0 Å². The Hall–Kier alpha value is -2.96. The van der Waals surface area contributed by atoms with Crippen LogP contribution in [-0.4, -0.2) is 50.0 Å². The summed E-state index contributed by atoms with van der Waals surface area (Å²) >= 11 is 0. The maximum Gasteiger partial charge on any atom is 0.246 e. The fraction of sp³-hybridized carbons (Fsp3) is 0.350. The Morgan fingerprint density at radius 2 is 2.10 bits per heavy atom. The molecule has 1 aromatic carbocycles. The number of benzene rings is 1. The molecule has 0 unspecified atom stereocenters. The molecule has 3 aromatic rings. The molecule has 0 saturated heterocycles. The van der Waals surface area contributed by atoms with Gasteiger partial charge in [-0.3, -0.25) is 14.5 Å². The zero-order chi connectivity index (χ0) is 21.2. The number of amides is 1. The monoisotopic (exact) mass is 537 g/mol. The van der Waals surface area contributed by atoms with Crippen molar-refractivity contribution in [2.45, 2.75) is 33.0 Å². The van der Waals surface area contributed by atoms with Crippen LogP contribution >= 0.6 is 24.0 Å². The highest BCUT2D eigenvalue weighted by atomic mass is 127. The number of hydrogen-bond donors (Lipinski definition) is 3. The van der Waals surface area contributed by atoms with E-state index in [1.165, 1.54) is 0 Å². The number of aryl methyl sites for hydroxylation is 1. The second-order valence-electron chi connectivity index (χ2n) is 6.60. The van der Waals surface area contributed by atoms with Crippen LogP contribution < -0.4 is 16.0 Å². The maximum atomic E-state index is 12.1. The van der Waals surface area contributed by atoms with Crippen molar-refractivity contribution in [1.29, 1.82) is 0 Å². The molecule has 1 amide bonds. The van der Waals surface area contributed by atoms with Gasteiger partial charge in [0, 0.05) is 51.2 Å². The summed E-state index contributed by atoms with van der Waals surface area (Å²) in [4.78, 5) is 16.4. The van der Waals surface area contributed by atoms with Gasteiger partial charge in [0.2, 0.25) is 5.91 Å². The van der Waals surface area contributed by atoms with Crippen LogP contribution in [0.3, 0.4) is 0 Å². The van der Waals surface area contributed by atoms with Crippen molar-refractivity contribution < 1.29 is 4.79 Å². The summed E-state index contributed by atoms with van der Waals surface area (Å²) in [6.07, 6.45) is 5.99. The number of carbonyl (C=O) groups is 1. The van der Waals surface area contributed by atoms with Crippen molar-refractivity contribution in [2.24, 2.45) is 4.99 Å². The van der Waals surface area contributed by atoms with Crippen LogP contribution in [0, 0.1) is 0 Å². The number of carbonyl (C=O) groups excluding carboxylic acids is 1. The summed E-state index contributed by atoms with van der Waals surface area (Å²) < 4.78 is 3.61. The Kier molecular flexibility index (Phi) is 9.94. The fourth-order valence-corrected chi connectivity index (χ4v) is 2.94. The van der Waals surface area contributed by atoms with E-state index in [-0.39, 0.29) is 36.4 Å². The second kappa shape index (κ2) is 12.7. The average Bonchev–Trinajstić information content (AvgIpc) is 3.42. The zero-order valence-corrected chi connectivity index (χ0v) is 20.0. The Bertz CT molecular complexity index is 969. The van der Waals surface area contributed by atoms with E-state index in [4.69, 9.17) is 0 Å². The van der Waals surface area contributed by atoms with Crippen LogP contribution in [-0.2, 0) is 30.8 Å². The summed E-state index contributed by atoms with van der Waals surface area (Å²) in [5.74, 6) is 1.54. The molecule has 3 rings (SSSR count). The highest BCUT2D eigenvalue weighted by Gasteiger charge is 2.06. The molecular weight excluding hydrogens is 509 g/mol. The number of guanidine groups is 1. The summed E-state index contributed by atoms with van der Waals surface area (Å²) in [5.41, 5.74) is 1.77. The van der Waals surface area contributed by atoms with Gasteiger partial charge in [-0.15, -0.1) is 34.2 Å². The SMILES string of the molecule is CCc1nncn1CCNC(=NC)NCc1cccc(NC(=O)Cn2cccn2)c1.I. The Morgan fingerprint density at radius 1 is 1.23 bits per heavy atom. The van der Waals surface area contributed by atoms with Crippen LogP contribution in [0.15, 0.2) is 54.0 Å². The van der Waals surface area contributed by atoms with E-state index < -0.39 is 0 Å². The minimum Gasteiger partial charge on any atom is -0.355 e. The highest BCUT2D eigenvalue weighted by Crippen LogP contribution is 2.10. The van der Waals surface area contributed by atoms with Gasteiger partial charge in [0.15, 0.2) is 5.96 Å². The maximum absolute atomic E-state index is 12.1. The lowest BCUT2D eigenvalue weighted by Crippen LogP contribution is -2.38. The molecule has 11 heteroatoms. The first kappa shape index (κ1) is 24.3. The molecule has 0 bridgehead atoms. The van der Waals surface area contributed by atoms with Crippen molar-refractivity contribution in [3.63, 3.8) is 0 Å². The van der Waals surface area contributed by atoms with Crippen LogP contribution in [0.25, 0.3) is 0 Å². The number of aliphatic imine (C=N–C) groups is 1. The van der Waals surface area contributed by atoms with Crippen molar-refractivity contribution >= 4 is 41.5 Å². The van der Waals surface area contributed by atoms with E-state index in [1.54, 1.807) is 36.5 Å². The molecule has 0 aliphatic rings. The number of hydrogen-bond acceptors (Lipinski definition) is 5. The lowest BCUT2D eigenvalue weighted by Gasteiger charge is -2.13. The minimum atomic E-state index is -0.123. The van der Waals surface area contributed by atoms with Crippen LogP contribution in [0.4, 0.5) is 5.69 Å². The first-order valence-electron chi connectivity index (χ1n) is 9.85. The molecule has 0 saturated carbocycles. The molecular formula is C20H28IN9O. The second-order valence-corrected chi connectivity index (χ2v) is 6.60. The molecule has 0 spiro atoms. The van der Waals surface area contributed by atoms with Crippen molar-refractivity contribution in [1.82, 2.24) is 35.2 Å². The summed E-state index contributed by atoms with van der Waals surface area (Å²) in [6.45, 7) is 4.28. The van der Waals surface area contributed by atoms with Gasteiger partial charge in [-0.2, -0.15) is 5.10 Å². The molecule has 31 heavy (non-hydrogen) atoms. The molecule has 0 aliphatic heterocycles. The molecule has 0 aliphatic carbocycles. The van der Waals surface area contributed by atoms with Crippen molar-refractivity contribution in [3.8, 4) is 0 Å². The Balaban J connectivity index is 0.00000341. The van der Waals surface area contributed by atoms with Gasteiger partial charge < -0.3 is 20.5 Å². The van der Waals surface area contributed by atoms with Crippen LogP contribution in [0.1, 0.15) is 18.3 Å². The predicted octanol–water partition coefficient (Wildman–Crippen LogP) is 1.66. The van der Waals surface area contributed by atoms with E-state index >= 15 is 0 Å². The standard InChI is InChI=1S/C20H27N9O.HI/c1-3-18-27-24-15-28(18)11-9-22-20(21-2)23-13-16-6-4-7-17(12-16)26-19(30)14-29-10-5-8-25-29;/h4-8,10,12,15H,3,9,11,13-14H2,1-2H3,(H,26,30)(H2,21,22,23);1H. The fourth-order valence-electron chi connectivity index (χ4n) is 2.94. The molecule has 2 aromatic heterocycles. The molecule has 0 atom stereocenters. The predicted molar refractivity (Wildman–Crippen MR) is 130 cm³/mol. The van der Waals surface area contributed by atoms with E-state index in [2.05, 4.69) is 43.2 Å². The van der Waals surface area contributed by atoms with Gasteiger partial charge in [-0.25, -0.2) is 0 Å². The molecule has 166 valence electrons. The van der Waals surface area contributed by atoms with Gasteiger partial charge in [-0.05, 0) is 23.8 Å². The number of nitrogens with zero attached hydrogens (tertiary/aromatic N) is 6. The van der Waals surface area contributed by atoms with Crippen LogP contribution in [0.5, 0.6) is 0 Å². The molecule has 0 fully saturated rings. The lowest BCUT2D eigenvalue weighted by atomic mass is 10.2. The number of nitrogens with one attached hydrogen (secondary N) is 3. The van der Waals surface area contributed by atoms with Gasteiger partial charge in [-0.1, -0.05) is 19.1 Å². The molecule has 2 heterocycles. The number of aromatic nitrogens is 5. The highest BCUT2D eigenvalue weighted by molar-refractivity contribution is 14.0. The Morgan fingerprint density at radius 3 is 2.84 bits per heavy atom. The molecule has 10 nitrogen and oxygen atoms in total. The van der Waals surface area contributed by atoms with E-state index in [0.29, 0.717) is 19.0 Å². The number of anilines is 1.